The molecule has 0 saturated carbocycles. The highest BCUT2D eigenvalue weighted by molar-refractivity contribution is 6.16. The third kappa shape index (κ3) is 1.97. The summed E-state index contributed by atoms with van der Waals surface area (Å²) in [7, 11) is 0. The van der Waals surface area contributed by atoms with Crippen molar-refractivity contribution in [3.8, 4) is 0 Å². The minimum Gasteiger partial charge on any atom is -0.463 e. The Balaban J connectivity index is 1.99. The number of ketones is 1. The Morgan fingerprint density at radius 3 is 2.79 bits per heavy atom. The average molecular weight is 320 g/mol. The van der Waals surface area contributed by atoms with Gasteiger partial charge in [0.25, 0.3) is 0 Å². The molecular weight excluding hydrogens is 300 g/mol. The summed E-state index contributed by atoms with van der Waals surface area (Å²) in [5, 5.41) is 2.41. The molecule has 0 saturated heterocycles. The normalized spacial score (nSPS) is 22.5. The van der Waals surface area contributed by atoms with Crippen LogP contribution >= 0.6 is 0 Å². The molecule has 0 fully saturated rings. The molecule has 2 aliphatic carbocycles. The van der Waals surface area contributed by atoms with E-state index in [4.69, 9.17) is 4.74 Å². The van der Waals surface area contributed by atoms with Crippen LogP contribution in [0.5, 0.6) is 0 Å². The van der Waals surface area contributed by atoms with Gasteiger partial charge in [-0.25, -0.2) is 4.79 Å². The predicted octanol–water partition coefficient (Wildman–Crippen LogP) is 4.08. The van der Waals surface area contributed by atoms with Crippen molar-refractivity contribution in [1.82, 2.24) is 0 Å². The van der Waals surface area contributed by atoms with Crippen LogP contribution in [0, 0.1) is 5.41 Å². The SMILES string of the molecule is CCOC(=O)C1=C2c3ccc4ccccc4c3CC[C@@]2(C)C(=O)C1. The van der Waals surface area contributed by atoms with Crippen LogP contribution in [-0.4, -0.2) is 18.4 Å². The third-order valence-corrected chi connectivity index (χ3v) is 5.51. The molecule has 0 N–H and O–H groups in total. The first-order valence-electron chi connectivity index (χ1n) is 8.51. The van der Waals surface area contributed by atoms with Gasteiger partial charge in [-0.2, -0.15) is 0 Å². The number of hydrogen-bond acceptors (Lipinski definition) is 3. The van der Waals surface area contributed by atoms with Crippen molar-refractivity contribution in [2.24, 2.45) is 5.41 Å². The van der Waals surface area contributed by atoms with E-state index in [1.807, 2.05) is 19.1 Å². The molecule has 0 amide bonds. The topological polar surface area (TPSA) is 43.4 Å². The molecule has 3 heteroatoms. The number of aryl methyl sites for hydroxylation is 1. The summed E-state index contributed by atoms with van der Waals surface area (Å²) in [6.07, 6.45) is 1.81. The largest absolute Gasteiger partial charge is 0.463 e. The molecule has 122 valence electrons. The van der Waals surface area contributed by atoms with E-state index in [1.54, 1.807) is 6.92 Å². The van der Waals surface area contributed by atoms with Gasteiger partial charge in [0.2, 0.25) is 0 Å². The Bertz CT molecular complexity index is 906. The van der Waals surface area contributed by atoms with Gasteiger partial charge in [-0.1, -0.05) is 36.4 Å². The third-order valence-electron chi connectivity index (χ3n) is 5.51. The van der Waals surface area contributed by atoms with Gasteiger partial charge < -0.3 is 4.74 Å². The summed E-state index contributed by atoms with van der Waals surface area (Å²) in [4.78, 5) is 25.1. The highest BCUT2D eigenvalue weighted by Gasteiger charge is 2.49. The molecule has 0 bridgehead atoms. The molecule has 2 aromatic rings. The maximum atomic E-state index is 12.7. The van der Waals surface area contributed by atoms with E-state index in [0.29, 0.717) is 12.2 Å². The van der Waals surface area contributed by atoms with Crippen molar-refractivity contribution in [2.45, 2.75) is 33.1 Å². The van der Waals surface area contributed by atoms with Gasteiger partial charge in [0.1, 0.15) is 5.78 Å². The summed E-state index contributed by atoms with van der Waals surface area (Å²) in [5.74, 6) is -0.204. The van der Waals surface area contributed by atoms with E-state index in [9.17, 15) is 9.59 Å². The highest BCUT2D eigenvalue weighted by atomic mass is 16.5. The molecule has 2 aliphatic rings. The Kier molecular flexibility index (Phi) is 3.34. The zero-order valence-electron chi connectivity index (χ0n) is 14.0. The van der Waals surface area contributed by atoms with Crippen LogP contribution in [0.2, 0.25) is 0 Å². The number of esters is 1. The maximum Gasteiger partial charge on any atom is 0.334 e. The number of ether oxygens (including phenoxy) is 1. The summed E-state index contributed by atoms with van der Waals surface area (Å²) in [5.41, 5.74) is 3.20. The van der Waals surface area contributed by atoms with Crippen LogP contribution in [0.1, 0.15) is 37.8 Å². The van der Waals surface area contributed by atoms with Crippen molar-refractivity contribution in [2.75, 3.05) is 6.61 Å². The first-order chi connectivity index (χ1) is 11.6. The zero-order chi connectivity index (χ0) is 16.9. The molecule has 0 aromatic heterocycles. The van der Waals surface area contributed by atoms with Crippen molar-refractivity contribution in [3.05, 3.63) is 53.1 Å². The predicted molar refractivity (Wildman–Crippen MR) is 93.6 cm³/mol. The van der Waals surface area contributed by atoms with Crippen molar-refractivity contribution in [1.29, 1.82) is 0 Å². The van der Waals surface area contributed by atoms with Gasteiger partial charge in [-0.05, 0) is 54.2 Å². The smallest absolute Gasteiger partial charge is 0.334 e. The first kappa shape index (κ1) is 15.1. The molecular formula is C21H20O3. The number of rotatable bonds is 2. The molecule has 0 spiro atoms. The minimum atomic E-state index is -0.558. The molecule has 1 atom stereocenters. The van der Waals surface area contributed by atoms with Crippen LogP contribution in [0.4, 0.5) is 0 Å². The standard InChI is InChI=1S/C21H20O3/c1-3-24-20(23)17-12-18(22)21(2)11-10-15-14-7-5-4-6-13(14)8-9-16(15)19(17)21/h4-9H,3,10-12H2,1-2H3/t21-/m0/s1. The fourth-order valence-corrected chi connectivity index (χ4v) is 4.25. The molecule has 0 unspecified atom stereocenters. The molecule has 3 nitrogen and oxygen atoms in total. The lowest BCUT2D eigenvalue weighted by Crippen LogP contribution is -2.29. The number of Topliss-reactive ketones (excluding diaryl/α,β-unsaturated/α-hetero) is 1. The van der Waals surface area contributed by atoms with Gasteiger partial charge >= 0.3 is 5.97 Å². The first-order valence-corrected chi connectivity index (χ1v) is 8.51. The monoisotopic (exact) mass is 320 g/mol. The van der Waals surface area contributed by atoms with E-state index in [1.165, 1.54) is 16.3 Å². The summed E-state index contributed by atoms with van der Waals surface area (Å²) in [6, 6.07) is 12.4. The number of benzene rings is 2. The van der Waals surface area contributed by atoms with Crippen LogP contribution in [-0.2, 0) is 20.7 Å². The number of fused-ring (bicyclic) bond motifs is 5. The van der Waals surface area contributed by atoms with Crippen molar-refractivity contribution in [3.63, 3.8) is 0 Å². The summed E-state index contributed by atoms with van der Waals surface area (Å²) < 4.78 is 5.22. The molecule has 24 heavy (non-hydrogen) atoms. The summed E-state index contributed by atoms with van der Waals surface area (Å²) in [6.45, 7) is 4.10. The van der Waals surface area contributed by atoms with Gasteiger partial charge in [0, 0.05) is 12.0 Å². The second kappa shape index (κ2) is 5.30. The fourth-order valence-electron chi connectivity index (χ4n) is 4.25. The molecule has 0 radical (unpaired) electrons. The molecule has 0 aliphatic heterocycles. The lowest BCUT2D eigenvalue weighted by molar-refractivity contribution is -0.139. The molecule has 4 rings (SSSR count). The lowest BCUT2D eigenvalue weighted by Gasteiger charge is -2.33. The zero-order valence-corrected chi connectivity index (χ0v) is 14.0. The number of hydrogen-bond donors (Lipinski definition) is 0. The van der Waals surface area contributed by atoms with Crippen LogP contribution < -0.4 is 0 Å². The van der Waals surface area contributed by atoms with Gasteiger partial charge in [0.15, 0.2) is 0 Å². The van der Waals surface area contributed by atoms with Crippen LogP contribution in [0.3, 0.4) is 0 Å². The second-order valence-corrected chi connectivity index (χ2v) is 6.82. The fraction of sp³-hybridized carbons (Fsp3) is 0.333. The van der Waals surface area contributed by atoms with Gasteiger partial charge in [-0.3, -0.25) is 4.79 Å². The Labute approximate surface area is 141 Å². The van der Waals surface area contributed by atoms with Crippen molar-refractivity contribution < 1.29 is 14.3 Å². The summed E-state index contributed by atoms with van der Waals surface area (Å²) >= 11 is 0. The number of carbonyl (C=O) groups is 2. The molecule has 2 aromatic carbocycles. The lowest BCUT2D eigenvalue weighted by atomic mass is 9.68. The Morgan fingerprint density at radius 1 is 1.21 bits per heavy atom. The quantitative estimate of drug-likeness (QED) is 0.783. The van der Waals surface area contributed by atoms with E-state index in [2.05, 4.69) is 24.3 Å². The Hall–Kier alpha value is -2.42. The highest BCUT2D eigenvalue weighted by Crippen LogP contribution is 2.53. The van der Waals surface area contributed by atoms with Crippen molar-refractivity contribution >= 4 is 28.1 Å². The average Bonchev–Trinajstić information content (AvgIpc) is 2.86. The number of allylic oxidation sites excluding steroid dienone is 1. The van der Waals surface area contributed by atoms with E-state index in [-0.39, 0.29) is 18.2 Å². The second-order valence-electron chi connectivity index (χ2n) is 6.82. The number of carbonyl (C=O) groups excluding carboxylic acids is 2. The maximum absolute atomic E-state index is 12.7. The van der Waals surface area contributed by atoms with E-state index >= 15 is 0 Å². The minimum absolute atomic E-state index is 0.138. The Morgan fingerprint density at radius 2 is 2.00 bits per heavy atom. The van der Waals surface area contributed by atoms with Gasteiger partial charge in [0.05, 0.1) is 12.0 Å². The van der Waals surface area contributed by atoms with E-state index < -0.39 is 5.41 Å². The van der Waals surface area contributed by atoms with Gasteiger partial charge in [-0.15, -0.1) is 0 Å². The van der Waals surface area contributed by atoms with Crippen LogP contribution in [0.15, 0.2) is 42.0 Å². The van der Waals surface area contributed by atoms with Crippen LogP contribution in [0.25, 0.3) is 16.3 Å². The molecule has 0 heterocycles. The van der Waals surface area contributed by atoms with E-state index in [0.717, 1.165) is 24.0 Å².